The lowest BCUT2D eigenvalue weighted by molar-refractivity contribution is -0.129. The Kier molecular flexibility index (Phi) is 3.20. The maximum absolute atomic E-state index is 11.7. The molecule has 3 saturated heterocycles. The third-order valence-corrected chi connectivity index (χ3v) is 6.33. The van der Waals surface area contributed by atoms with Crippen molar-refractivity contribution in [3.8, 4) is 0 Å². The first kappa shape index (κ1) is 11.0. The van der Waals surface area contributed by atoms with E-state index in [1.165, 1.54) is 30.8 Å². The molecule has 1 amide bonds. The first-order valence-electron chi connectivity index (χ1n) is 6.14. The fraction of sp³-hybridized carbons (Fsp3) is 0.750. The quantitative estimate of drug-likeness (QED) is 0.664. The molecule has 0 aromatic carbocycles. The van der Waals surface area contributed by atoms with E-state index < -0.39 is 0 Å². The maximum Gasteiger partial charge on any atom is 0.223 e. The summed E-state index contributed by atoms with van der Waals surface area (Å²) in [6, 6.07) is 0.467. The van der Waals surface area contributed by atoms with Crippen molar-refractivity contribution in [3.05, 3.63) is 9.81 Å². The number of fused-ring (bicyclic) bond motifs is 1. The van der Waals surface area contributed by atoms with Crippen molar-refractivity contribution in [1.82, 2.24) is 4.90 Å². The van der Waals surface area contributed by atoms with Crippen LogP contribution in [0.1, 0.15) is 32.1 Å². The Morgan fingerprint density at radius 1 is 1.12 bits per heavy atom. The first-order valence-corrected chi connectivity index (χ1v) is 8.11. The van der Waals surface area contributed by atoms with Gasteiger partial charge in [-0.1, -0.05) is 0 Å². The van der Waals surface area contributed by atoms with E-state index in [-0.39, 0.29) is 0 Å². The molecule has 3 aliphatic rings. The minimum absolute atomic E-state index is 0.383. The zero-order chi connectivity index (χ0) is 11.0. The molecule has 0 N–H and O–H groups in total. The van der Waals surface area contributed by atoms with E-state index in [9.17, 15) is 4.79 Å². The van der Waals surface area contributed by atoms with Gasteiger partial charge in [-0.2, -0.15) is 0 Å². The Labute approximate surface area is 105 Å². The Balaban J connectivity index is 1.86. The van der Waals surface area contributed by atoms with E-state index in [4.69, 9.17) is 0 Å². The maximum atomic E-state index is 11.7. The highest BCUT2D eigenvalue weighted by Crippen LogP contribution is 2.43. The lowest BCUT2D eigenvalue weighted by Crippen LogP contribution is -2.39. The van der Waals surface area contributed by atoms with Crippen molar-refractivity contribution in [1.29, 1.82) is 0 Å². The Morgan fingerprint density at radius 3 is 2.75 bits per heavy atom. The van der Waals surface area contributed by atoms with Crippen molar-refractivity contribution in [3.63, 3.8) is 0 Å². The van der Waals surface area contributed by atoms with Crippen LogP contribution in [0.2, 0.25) is 0 Å². The summed E-state index contributed by atoms with van der Waals surface area (Å²) in [6.45, 7) is 0.996. The number of nitrogens with zero attached hydrogens (tertiary/aromatic N) is 1. The van der Waals surface area contributed by atoms with Crippen LogP contribution in [0.5, 0.6) is 0 Å². The molecule has 0 aromatic rings. The molecule has 3 heterocycles. The number of piperidine rings is 1. The van der Waals surface area contributed by atoms with Gasteiger partial charge in [0.2, 0.25) is 5.91 Å². The van der Waals surface area contributed by atoms with Crippen LogP contribution in [0, 0.1) is 0 Å². The molecule has 3 rings (SSSR count). The van der Waals surface area contributed by atoms with E-state index in [1.807, 2.05) is 23.5 Å². The van der Waals surface area contributed by atoms with Gasteiger partial charge in [-0.3, -0.25) is 4.79 Å². The summed E-state index contributed by atoms with van der Waals surface area (Å²) in [4.78, 5) is 13.9. The fourth-order valence-electron chi connectivity index (χ4n) is 2.84. The van der Waals surface area contributed by atoms with Crippen LogP contribution < -0.4 is 0 Å². The van der Waals surface area contributed by atoms with Gasteiger partial charge in [-0.25, -0.2) is 0 Å². The van der Waals surface area contributed by atoms with Crippen LogP contribution in [0.25, 0.3) is 0 Å². The molecule has 0 aromatic heterocycles. The molecule has 1 atom stereocenters. The average molecular weight is 255 g/mol. The topological polar surface area (TPSA) is 20.3 Å². The van der Waals surface area contributed by atoms with E-state index >= 15 is 0 Å². The molecule has 3 fully saturated rings. The van der Waals surface area contributed by atoms with Gasteiger partial charge in [0.15, 0.2) is 0 Å². The first-order chi connectivity index (χ1) is 7.86. The summed E-state index contributed by atoms with van der Waals surface area (Å²) in [5.74, 6) is 2.92. The van der Waals surface area contributed by atoms with Crippen LogP contribution in [0.4, 0.5) is 0 Å². The summed E-state index contributed by atoms with van der Waals surface area (Å²) in [7, 11) is 0. The van der Waals surface area contributed by atoms with Crippen LogP contribution in [0.15, 0.2) is 9.81 Å². The third-order valence-electron chi connectivity index (χ3n) is 3.59. The van der Waals surface area contributed by atoms with E-state index in [0.29, 0.717) is 11.9 Å². The number of carbonyl (C=O) groups excluding carboxylic acids is 1. The number of thioether (sulfide) groups is 2. The minimum atomic E-state index is 0.383. The van der Waals surface area contributed by atoms with Crippen LogP contribution >= 0.6 is 23.5 Å². The molecule has 3 aliphatic heterocycles. The van der Waals surface area contributed by atoms with Crippen molar-refractivity contribution < 1.29 is 4.79 Å². The molecule has 0 radical (unpaired) electrons. The summed E-state index contributed by atoms with van der Waals surface area (Å²) >= 11 is 4.05. The normalized spacial score (nSPS) is 30.9. The number of hydrogen-bond acceptors (Lipinski definition) is 3. The second-order valence-electron chi connectivity index (χ2n) is 4.61. The van der Waals surface area contributed by atoms with E-state index in [0.717, 1.165) is 19.4 Å². The van der Waals surface area contributed by atoms with Gasteiger partial charge >= 0.3 is 0 Å². The molecular formula is C12H17NOS2. The fourth-order valence-corrected chi connectivity index (χ4v) is 5.65. The number of carbonyl (C=O) groups is 1. The summed E-state index contributed by atoms with van der Waals surface area (Å²) in [5.41, 5.74) is 1.59. The lowest BCUT2D eigenvalue weighted by atomic mass is 9.97. The smallest absolute Gasteiger partial charge is 0.223 e. The summed E-state index contributed by atoms with van der Waals surface area (Å²) < 4.78 is 1.55. The SMILES string of the molecule is O=C1CCC2C(=C3SCCCS3)CCCN12. The van der Waals surface area contributed by atoms with Crippen LogP contribution in [-0.4, -0.2) is 34.9 Å². The molecular weight excluding hydrogens is 238 g/mol. The molecule has 1 unspecified atom stereocenters. The third kappa shape index (κ3) is 1.90. The second kappa shape index (κ2) is 4.65. The van der Waals surface area contributed by atoms with Crippen molar-refractivity contribution in [2.24, 2.45) is 0 Å². The van der Waals surface area contributed by atoms with E-state index in [1.54, 1.807) is 9.81 Å². The molecule has 4 heteroatoms. The second-order valence-corrected chi connectivity index (χ2v) is 7.08. The highest BCUT2D eigenvalue weighted by Gasteiger charge is 2.37. The molecule has 0 saturated carbocycles. The highest BCUT2D eigenvalue weighted by atomic mass is 32.2. The molecule has 0 spiro atoms. The molecule has 0 bridgehead atoms. The van der Waals surface area contributed by atoms with Crippen molar-refractivity contribution in [2.45, 2.75) is 38.1 Å². The number of hydrogen-bond donors (Lipinski definition) is 0. The number of amides is 1. The largest absolute Gasteiger partial charge is 0.336 e. The Hall–Kier alpha value is -0.0900. The molecule has 16 heavy (non-hydrogen) atoms. The zero-order valence-corrected chi connectivity index (χ0v) is 11.0. The van der Waals surface area contributed by atoms with Crippen molar-refractivity contribution >= 4 is 29.4 Å². The Bertz CT molecular complexity index is 332. The monoisotopic (exact) mass is 255 g/mol. The predicted octanol–water partition coefficient (Wildman–Crippen LogP) is 2.85. The van der Waals surface area contributed by atoms with Gasteiger partial charge in [0, 0.05) is 17.2 Å². The van der Waals surface area contributed by atoms with Gasteiger partial charge in [0.1, 0.15) is 0 Å². The summed E-state index contributed by atoms with van der Waals surface area (Å²) in [5, 5.41) is 0. The molecule has 88 valence electrons. The van der Waals surface area contributed by atoms with Gasteiger partial charge in [0.25, 0.3) is 0 Å². The molecule has 0 aliphatic carbocycles. The van der Waals surface area contributed by atoms with Crippen LogP contribution in [-0.2, 0) is 4.79 Å². The zero-order valence-electron chi connectivity index (χ0n) is 9.41. The standard InChI is InChI=1S/C12H17NOS2/c14-11-5-4-10-9(3-1-6-13(10)11)12-15-7-2-8-16-12/h10H,1-8H2. The van der Waals surface area contributed by atoms with Crippen molar-refractivity contribution in [2.75, 3.05) is 18.1 Å². The van der Waals surface area contributed by atoms with E-state index in [2.05, 4.69) is 4.90 Å². The molecule has 2 nitrogen and oxygen atoms in total. The van der Waals surface area contributed by atoms with Gasteiger partial charge < -0.3 is 4.90 Å². The number of rotatable bonds is 0. The van der Waals surface area contributed by atoms with Gasteiger partial charge in [-0.05, 0) is 42.8 Å². The summed E-state index contributed by atoms with van der Waals surface area (Å²) in [6.07, 6.45) is 5.57. The Morgan fingerprint density at radius 2 is 1.94 bits per heavy atom. The predicted molar refractivity (Wildman–Crippen MR) is 70.5 cm³/mol. The minimum Gasteiger partial charge on any atom is -0.336 e. The van der Waals surface area contributed by atoms with Gasteiger partial charge in [-0.15, -0.1) is 23.5 Å². The van der Waals surface area contributed by atoms with Gasteiger partial charge in [0.05, 0.1) is 6.04 Å². The average Bonchev–Trinajstić information content (AvgIpc) is 2.73. The van der Waals surface area contributed by atoms with Crippen LogP contribution in [0.3, 0.4) is 0 Å². The lowest BCUT2D eigenvalue weighted by Gasteiger charge is -2.34. The highest BCUT2D eigenvalue weighted by molar-refractivity contribution is 8.22.